The molecule has 2 heterocycles. The lowest BCUT2D eigenvalue weighted by molar-refractivity contribution is -0.673. The van der Waals surface area contributed by atoms with E-state index in [-0.39, 0.29) is 10.8 Å². The highest BCUT2D eigenvalue weighted by Crippen LogP contribution is 2.53. The van der Waals surface area contributed by atoms with Crippen molar-refractivity contribution >= 4 is 78.5 Å². The second kappa shape index (κ2) is 9.11. The van der Waals surface area contributed by atoms with Crippen LogP contribution in [0.25, 0.3) is 32.8 Å². The van der Waals surface area contributed by atoms with Gasteiger partial charge >= 0.3 is 0 Å². The van der Waals surface area contributed by atoms with E-state index in [0.29, 0.717) is 0 Å². The van der Waals surface area contributed by atoms with Crippen LogP contribution < -0.4 is 4.57 Å². The van der Waals surface area contributed by atoms with Gasteiger partial charge in [-0.1, -0.05) is 77.1 Å². The standard InChI is InChI=1S/C32H36I2NS/c1-17-10-11-20-21(12-17)18(2)25-28-26-22(27(33)30(34)35(28)9)13-19(15-31(3,4)5)14-24(26)36-29(25)23(20)16-32(6,7)8/h10-14H,15-16H2,1-9H3/q+1. The van der Waals surface area contributed by atoms with Crippen LogP contribution in [0, 0.1) is 31.9 Å². The van der Waals surface area contributed by atoms with Crippen molar-refractivity contribution in [3.8, 4) is 11.3 Å². The smallest absolute Gasteiger partial charge is 0.188 e. The largest absolute Gasteiger partial charge is 0.255 e. The van der Waals surface area contributed by atoms with Gasteiger partial charge < -0.3 is 0 Å². The molecule has 0 amide bonds. The molecular weight excluding hydrogens is 684 g/mol. The average molecular weight is 721 g/mol. The third-order valence-electron chi connectivity index (χ3n) is 7.12. The third kappa shape index (κ3) is 4.61. The summed E-state index contributed by atoms with van der Waals surface area (Å²) in [4.78, 5) is 2.88. The zero-order valence-corrected chi connectivity index (χ0v) is 28.0. The van der Waals surface area contributed by atoms with Gasteiger partial charge in [0, 0.05) is 37.8 Å². The van der Waals surface area contributed by atoms with Gasteiger partial charge in [-0.2, -0.15) is 4.57 Å². The molecule has 36 heavy (non-hydrogen) atoms. The van der Waals surface area contributed by atoms with Crippen LogP contribution in [-0.2, 0) is 19.9 Å². The molecule has 0 saturated carbocycles. The first-order valence-electron chi connectivity index (χ1n) is 12.7. The minimum Gasteiger partial charge on any atom is -0.188 e. The van der Waals surface area contributed by atoms with E-state index in [1.807, 2.05) is 11.8 Å². The molecule has 188 valence electrons. The molecule has 0 N–H and O–H groups in total. The molecule has 4 heteroatoms. The van der Waals surface area contributed by atoms with Gasteiger partial charge in [-0.3, -0.25) is 0 Å². The Bertz CT molecular complexity index is 1570. The van der Waals surface area contributed by atoms with E-state index in [1.54, 1.807) is 0 Å². The quantitative estimate of drug-likeness (QED) is 0.0998. The summed E-state index contributed by atoms with van der Waals surface area (Å²) in [5.74, 6) is 0. The Morgan fingerprint density at radius 1 is 0.833 bits per heavy atom. The summed E-state index contributed by atoms with van der Waals surface area (Å²) in [6.07, 6.45) is 2.14. The minimum atomic E-state index is 0.202. The Morgan fingerprint density at radius 3 is 2.14 bits per heavy atom. The Morgan fingerprint density at radius 2 is 1.50 bits per heavy atom. The lowest BCUT2D eigenvalue weighted by atomic mass is 9.82. The van der Waals surface area contributed by atoms with E-state index in [0.717, 1.165) is 12.8 Å². The van der Waals surface area contributed by atoms with Gasteiger partial charge in [0.1, 0.15) is 7.05 Å². The molecule has 0 spiro atoms. The number of benzene rings is 3. The topological polar surface area (TPSA) is 3.88 Å². The van der Waals surface area contributed by atoms with Crippen LogP contribution in [0.1, 0.15) is 63.8 Å². The van der Waals surface area contributed by atoms with E-state index in [4.69, 9.17) is 0 Å². The fourth-order valence-electron chi connectivity index (χ4n) is 5.72. The second-order valence-electron chi connectivity index (χ2n) is 13.0. The average Bonchev–Trinajstić information content (AvgIpc) is 2.75. The number of halogens is 2. The van der Waals surface area contributed by atoms with Crippen molar-refractivity contribution in [2.45, 2.75) is 78.0 Å². The summed E-state index contributed by atoms with van der Waals surface area (Å²) < 4.78 is 5.12. The summed E-state index contributed by atoms with van der Waals surface area (Å²) in [5.41, 5.74) is 8.97. The van der Waals surface area contributed by atoms with Crippen molar-refractivity contribution in [2.75, 3.05) is 0 Å². The Labute approximate surface area is 248 Å². The summed E-state index contributed by atoms with van der Waals surface area (Å²) in [5, 5.41) is 5.66. The second-order valence-corrected chi connectivity index (χ2v) is 16.1. The first-order valence-corrected chi connectivity index (χ1v) is 15.7. The molecule has 4 aromatic rings. The van der Waals surface area contributed by atoms with Crippen LogP contribution >= 0.6 is 56.9 Å². The van der Waals surface area contributed by atoms with Crippen LogP contribution in [0.15, 0.2) is 40.1 Å². The maximum Gasteiger partial charge on any atom is 0.255 e. The highest BCUT2D eigenvalue weighted by Gasteiger charge is 2.35. The fraction of sp³-hybridized carbons (Fsp3) is 0.406. The number of aromatic nitrogens is 1. The lowest BCUT2D eigenvalue weighted by Gasteiger charge is -2.29. The molecule has 1 aromatic heterocycles. The number of rotatable bonds is 2. The van der Waals surface area contributed by atoms with Crippen molar-refractivity contribution in [1.82, 2.24) is 0 Å². The minimum absolute atomic E-state index is 0.202. The number of pyridine rings is 1. The predicted octanol–water partition coefficient (Wildman–Crippen LogP) is 9.95. The molecular formula is C32H36I2NS+. The van der Waals surface area contributed by atoms with E-state index in [1.165, 1.54) is 72.1 Å². The highest BCUT2D eigenvalue weighted by molar-refractivity contribution is 14.1. The van der Waals surface area contributed by atoms with Crippen molar-refractivity contribution in [3.05, 3.63) is 59.9 Å². The summed E-state index contributed by atoms with van der Waals surface area (Å²) in [6.45, 7) is 18.7. The van der Waals surface area contributed by atoms with Crippen LogP contribution in [0.4, 0.5) is 0 Å². The van der Waals surface area contributed by atoms with Crippen molar-refractivity contribution < 1.29 is 4.57 Å². The lowest BCUT2D eigenvalue weighted by Crippen LogP contribution is -2.37. The van der Waals surface area contributed by atoms with Crippen molar-refractivity contribution in [1.29, 1.82) is 0 Å². The van der Waals surface area contributed by atoms with Gasteiger partial charge in [-0.15, -0.1) is 0 Å². The molecule has 1 aliphatic rings. The Balaban J connectivity index is 1.96. The molecule has 0 aliphatic carbocycles. The number of aryl methyl sites for hydroxylation is 2. The van der Waals surface area contributed by atoms with Gasteiger partial charge in [0.05, 0.1) is 14.5 Å². The molecule has 1 aliphatic heterocycles. The van der Waals surface area contributed by atoms with Crippen molar-refractivity contribution in [2.24, 2.45) is 17.9 Å². The first kappa shape index (κ1) is 26.7. The summed E-state index contributed by atoms with van der Waals surface area (Å²) >= 11 is 7.14. The number of hydrogen-bond acceptors (Lipinski definition) is 1. The molecule has 1 nitrogen and oxygen atoms in total. The van der Waals surface area contributed by atoms with E-state index < -0.39 is 0 Å². The molecule has 0 bridgehead atoms. The van der Waals surface area contributed by atoms with Gasteiger partial charge in [-0.25, -0.2) is 0 Å². The number of nitrogens with zero attached hydrogens (tertiary/aromatic N) is 1. The van der Waals surface area contributed by atoms with E-state index in [9.17, 15) is 0 Å². The monoisotopic (exact) mass is 720 g/mol. The normalized spacial score (nSPS) is 13.5. The van der Waals surface area contributed by atoms with Gasteiger partial charge in [0.2, 0.25) is 5.69 Å². The molecule has 0 atom stereocenters. The fourth-order valence-corrected chi connectivity index (χ4v) is 8.44. The van der Waals surface area contributed by atoms with Crippen LogP contribution in [0.2, 0.25) is 0 Å². The van der Waals surface area contributed by atoms with Crippen LogP contribution in [-0.4, -0.2) is 0 Å². The Kier molecular flexibility index (Phi) is 6.77. The molecule has 0 fully saturated rings. The van der Waals surface area contributed by atoms with Gasteiger partial charge in [0.15, 0.2) is 0 Å². The molecule has 0 radical (unpaired) electrons. The third-order valence-corrected chi connectivity index (χ3v) is 11.7. The maximum atomic E-state index is 2.57. The molecule has 0 unspecified atom stereocenters. The zero-order valence-electron chi connectivity index (χ0n) is 22.9. The van der Waals surface area contributed by atoms with Gasteiger partial charge in [-0.05, 0) is 99.7 Å². The van der Waals surface area contributed by atoms with Crippen molar-refractivity contribution in [3.63, 3.8) is 0 Å². The Hall–Kier alpha value is -0.860. The van der Waals surface area contributed by atoms with Crippen LogP contribution in [0.5, 0.6) is 0 Å². The molecule has 3 aromatic carbocycles. The van der Waals surface area contributed by atoms with Crippen LogP contribution in [0.3, 0.4) is 0 Å². The summed E-state index contributed by atoms with van der Waals surface area (Å²) in [6, 6.07) is 12.0. The number of hydrogen-bond donors (Lipinski definition) is 0. The SMILES string of the molecule is Cc1ccc2c(CC(C)(C)C)c3c(c(C)c2c1)-c1c2c(cc(CC(C)(C)C)cc2c(I)c(I)[n+]1C)S3. The van der Waals surface area contributed by atoms with E-state index >= 15 is 0 Å². The molecule has 0 saturated heterocycles. The van der Waals surface area contributed by atoms with E-state index in [2.05, 4.69) is 143 Å². The maximum absolute atomic E-state index is 2.57. The van der Waals surface area contributed by atoms with Gasteiger partial charge in [0.25, 0.3) is 3.70 Å². The zero-order chi connectivity index (χ0) is 26.3. The predicted molar refractivity (Wildman–Crippen MR) is 173 cm³/mol. The number of fused-ring (bicyclic) bond motifs is 3. The summed E-state index contributed by atoms with van der Waals surface area (Å²) in [7, 11) is 2.26. The highest BCUT2D eigenvalue weighted by atomic mass is 127. The molecule has 5 rings (SSSR count). The first-order chi connectivity index (χ1) is 16.7.